The summed E-state index contributed by atoms with van der Waals surface area (Å²) in [6.45, 7) is 2.21. The van der Waals surface area contributed by atoms with Crippen LogP contribution in [0.2, 0.25) is 5.15 Å². The largest absolute Gasteiger partial charge is 0.472 e. The Bertz CT molecular complexity index is 747. The molecule has 2 bridgehead atoms. The van der Waals surface area contributed by atoms with Gasteiger partial charge in [0.05, 0.1) is 11.1 Å². The number of rotatable bonds is 2. The molecular formula is C16H22Cl2N6O3. The summed E-state index contributed by atoms with van der Waals surface area (Å²) < 4.78 is 18.7. The molecule has 3 N–H and O–H groups in total. The highest BCUT2D eigenvalue weighted by atomic mass is 35.5. The molecule has 148 valence electrons. The van der Waals surface area contributed by atoms with Crippen molar-refractivity contribution >= 4 is 35.1 Å². The van der Waals surface area contributed by atoms with Gasteiger partial charge in [0.1, 0.15) is 24.2 Å². The lowest BCUT2D eigenvalue weighted by Crippen LogP contribution is -2.43. The second kappa shape index (κ2) is 8.14. The van der Waals surface area contributed by atoms with Crippen LogP contribution in [0.5, 0.6) is 5.88 Å². The average molecular weight is 417 g/mol. The second-order valence-corrected chi connectivity index (χ2v) is 7.27. The first-order valence-electron chi connectivity index (χ1n) is 8.87. The zero-order valence-corrected chi connectivity index (χ0v) is 16.4. The van der Waals surface area contributed by atoms with E-state index in [9.17, 15) is 0 Å². The number of anilines is 1. The number of ether oxygens (including phenoxy) is 3. The quantitative estimate of drug-likeness (QED) is 0.674. The topological polar surface area (TPSA) is 94.0 Å². The van der Waals surface area contributed by atoms with Gasteiger partial charge in [0.25, 0.3) is 5.88 Å². The molecule has 1 aromatic rings. The Balaban J connectivity index is 1.66. The molecule has 1 aromatic heterocycles. The van der Waals surface area contributed by atoms with Crippen molar-refractivity contribution in [1.82, 2.24) is 20.4 Å². The maximum Gasteiger partial charge on any atom is 0.258 e. The molecule has 4 rings (SSSR count). The first-order chi connectivity index (χ1) is 13.2. The fourth-order valence-corrected chi connectivity index (χ4v) is 3.67. The molecule has 2 atom stereocenters. The summed E-state index contributed by atoms with van der Waals surface area (Å²) >= 11 is 12.9. The van der Waals surface area contributed by atoms with Crippen LogP contribution in [-0.2, 0) is 9.47 Å². The molecule has 11 heteroatoms. The van der Waals surface area contributed by atoms with Crippen molar-refractivity contribution < 1.29 is 14.2 Å². The first-order valence-corrected chi connectivity index (χ1v) is 9.62. The third-order valence-electron chi connectivity index (χ3n) is 4.74. The van der Waals surface area contributed by atoms with Gasteiger partial charge in [-0.1, -0.05) is 23.2 Å². The summed E-state index contributed by atoms with van der Waals surface area (Å²) in [5, 5.41) is 15.3. The van der Waals surface area contributed by atoms with Crippen LogP contribution < -0.4 is 20.7 Å². The summed E-state index contributed by atoms with van der Waals surface area (Å²) in [5.74, 6) is 1.09. The number of fused-ring (bicyclic) bond motifs is 3. The molecule has 27 heavy (non-hydrogen) atoms. The van der Waals surface area contributed by atoms with E-state index in [1.807, 2.05) is 4.68 Å². The Kier molecular flexibility index (Phi) is 5.63. The zero-order chi connectivity index (χ0) is 18.8. The zero-order valence-electron chi connectivity index (χ0n) is 14.9. The van der Waals surface area contributed by atoms with Crippen LogP contribution in [0.4, 0.5) is 5.69 Å². The van der Waals surface area contributed by atoms with Crippen LogP contribution >= 0.6 is 23.2 Å². The summed E-state index contributed by atoms with van der Waals surface area (Å²) in [6.07, 6.45) is 2.65. The Morgan fingerprint density at radius 3 is 2.85 bits per heavy atom. The van der Waals surface area contributed by atoms with Gasteiger partial charge in [0.15, 0.2) is 11.4 Å². The van der Waals surface area contributed by atoms with E-state index < -0.39 is 6.29 Å². The molecule has 0 spiro atoms. The lowest BCUT2D eigenvalue weighted by molar-refractivity contribution is 0.0556. The molecule has 0 saturated carbocycles. The van der Waals surface area contributed by atoms with E-state index in [1.165, 1.54) is 0 Å². The molecule has 2 unspecified atom stereocenters. The van der Waals surface area contributed by atoms with Gasteiger partial charge in [-0.15, -0.1) is 5.10 Å². The molecule has 0 amide bonds. The van der Waals surface area contributed by atoms with E-state index in [1.54, 1.807) is 13.3 Å². The van der Waals surface area contributed by atoms with Crippen molar-refractivity contribution in [2.45, 2.75) is 31.3 Å². The van der Waals surface area contributed by atoms with Gasteiger partial charge < -0.3 is 30.2 Å². The molecule has 3 aliphatic heterocycles. The molecule has 9 nitrogen and oxygen atoms in total. The summed E-state index contributed by atoms with van der Waals surface area (Å²) in [5.41, 5.74) is 0.590. The second-order valence-electron chi connectivity index (χ2n) is 6.50. The van der Waals surface area contributed by atoms with Crippen LogP contribution in [0.1, 0.15) is 18.9 Å². The predicted molar refractivity (Wildman–Crippen MR) is 103 cm³/mol. The average Bonchev–Trinajstić information content (AvgIpc) is 2.99. The predicted octanol–water partition coefficient (Wildman–Crippen LogP) is 1.66. The van der Waals surface area contributed by atoms with Gasteiger partial charge in [-0.2, -0.15) is 0 Å². The number of allylic oxidation sites excluding steroid dienone is 1. The van der Waals surface area contributed by atoms with E-state index in [4.69, 9.17) is 37.4 Å². The van der Waals surface area contributed by atoms with Gasteiger partial charge in [0, 0.05) is 33.1 Å². The van der Waals surface area contributed by atoms with Crippen molar-refractivity contribution in [2.24, 2.45) is 4.99 Å². The van der Waals surface area contributed by atoms with E-state index in [0.29, 0.717) is 53.9 Å². The highest BCUT2D eigenvalue weighted by Gasteiger charge is 2.28. The van der Waals surface area contributed by atoms with Gasteiger partial charge >= 0.3 is 0 Å². The van der Waals surface area contributed by atoms with Gasteiger partial charge in [-0.25, -0.2) is 9.67 Å². The summed E-state index contributed by atoms with van der Waals surface area (Å²) in [7, 11) is 1.64. The van der Waals surface area contributed by atoms with Crippen LogP contribution in [-0.4, -0.2) is 61.9 Å². The SMILES string of the molecule is COC1CNC2=C(Cl)C=NC(N2)Nc2c(nn(C3CCOCC3)c2Cl)OC1. The lowest BCUT2D eigenvalue weighted by atomic mass is 10.1. The van der Waals surface area contributed by atoms with E-state index in [-0.39, 0.29) is 12.1 Å². The number of nitrogens with one attached hydrogen (secondary N) is 3. The van der Waals surface area contributed by atoms with Crippen LogP contribution in [0.15, 0.2) is 15.8 Å². The van der Waals surface area contributed by atoms with Crippen molar-refractivity contribution in [1.29, 1.82) is 0 Å². The number of methoxy groups -OCH3 is 1. The molecule has 0 radical (unpaired) electrons. The lowest BCUT2D eigenvalue weighted by Gasteiger charge is -2.25. The third-order valence-corrected chi connectivity index (χ3v) is 5.39. The van der Waals surface area contributed by atoms with Gasteiger partial charge in [0.2, 0.25) is 0 Å². The Morgan fingerprint density at radius 2 is 2.07 bits per heavy atom. The fraction of sp³-hybridized carbons (Fsp3) is 0.625. The molecule has 4 heterocycles. The third kappa shape index (κ3) is 3.96. The maximum absolute atomic E-state index is 6.66. The standard InChI is InChI=1S/C16H22Cl2N6O3/c1-25-10-6-19-14-11(17)7-20-16(22-14)21-12-13(18)24(23-15(12)27-8-10)9-2-4-26-5-3-9/h7,9-10,16,19,21-22H,2-6,8H2,1H3. The summed E-state index contributed by atoms with van der Waals surface area (Å²) in [4.78, 5) is 4.36. The Hall–Kier alpha value is -1.68. The van der Waals surface area contributed by atoms with Crippen molar-refractivity contribution in [3.63, 3.8) is 0 Å². The highest BCUT2D eigenvalue weighted by Crippen LogP contribution is 2.37. The van der Waals surface area contributed by atoms with E-state index in [2.05, 4.69) is 26.0 Å². The maximum atomic E-state index is 6.66. The smallest absolute Gasteiger partial charge is 0.258 e. The molecule has 0 aliphatic carbocycles. The number of aliphatic imine (C=N–C) groups is 1. The van der Waals surface area contributed by atoms with E-state index >= 15 is 0 Å². The minimum absolute atomic E-state index is 0.171. The molecule has 0 aromatic carbocycles. The molecule has 1 saturated heterocycles. The normalized spacial score (nSPS) is 26.2. The number of halogens is 2. The van der Waals surface area contributed by atoms with Crippen molar-refractivity contribution in [3.8, 4) is 5.88 Å². The van der Waals surface area contributed by atoms with Crippen molar-refractivity contribution in [2.75, 3.05) is 38.8 Å². The first kappa shape index (κ1) is 18.7. The van der Waals surface area contributed by atoms with Gasteiger partial charge in [-0.3, -0.25) is 0 Å². The minimum Gasteiger partial charge on any atom is -0.472 e. The summed E-state index contributed by atoms with van der Waals surface area (Å²) in [6, 6.07) is 0.171. The molecule has 3 aliphatic rings. The Morgan fingerprint density at radius 1 is 1.26 bits per heavy atom. The Labute approximate surface area is 167 Å². The van der Waals surface area contributed by atoms with Crippen molar-refractivity contribution in [3.05, 3.63) is 16.0 Å². The number of hydrogen-bond acceptors (Lipinski definition) is 8. The number of aromatic nitrogens is 2. The van der Waals surface area contributed by atoms with Crippen LogP contribution in [0.3, 0.4) is 0 Å². The molecular weight excluding hydrogens is 395 g/mol. The molecule has 1 fully saturated rings. The van der Waals surface area contributed by atoms with Crippen LogP contribution in [0, 0.1) is 0 Å². The van der Waals surface area contributed by atoms with Crippen LogP contribution in [0.25, 0.3) is 0 Å². The highest BCUT2D eigenvalue weighted by molar-refractivity contribution is 6.39. The number of hydrogen-bond donors (Lipinski definition) is 3. The monoisotopic (exact) mass is 416 g/mol. The fourth-order valence-electron chi connectivity index (χ4n) is 3.18. The van der Waals surface area contributed by atoms with Gasteiger partial charge in [-0.05, 0) is 12.8 Å². The number of nitrogens with zero attached hydrogens (tertiary/aromatic N) is 3. The minimum atomic E-state index is -0.457. The van der Waals surface area contributed by atoms with E-state index in [0.717, 1.165) is 12.8 Å².